The Morgan fingerprint density at radius 1 is 1.32 bits per heavy atom. The molecule has 5 heteroatoms. The largest absolute Gasteiger partial charge is 0.353 e. The van der Waals surface area contributed by atoms with Crippen LogP contribution in [0.2, 0.25) is 0 Å². The molecule has 1 saturated heterocycles. The zero-order chi connectivity index (χ0) is 18.2. The van der Waals surface area contributed by atoms with Crippen LogP contribution in [0.3, 0.4) is 0 Å². The number of nitrogens with one attached hydrogen (secondary N) is 1. The third-order valence-electron chi connectivity index (χ3n) is 4.63. The van der Waals surface area contributed by atoms with E-state index in [0.717, 1.165) is 32.5 Å². The molecule has 1 fully saturated rings. The van der Waals surface area contributed by atoms with E-state index in [1.807, 2.05) is 13.1 Å². The van der Waals surface area contributed by atoms with Crippen molar-refractivity contribution in [3.63, 3.8) is 0 Å². The second kappa shape index (κ2) is 9.56. The molecule has 2 rings (SSSR count). The van der Waals surface area contributed by atoms with Crippen molar-refractivity contribution in [2.75, 3.05) is 33.2 Å². The highest BCUT2D eigenvalue weighted by Gasteiger charge is 2.32. The van der Waals surface area contributed by atoms with Gasteiger partial charge in [-0.25, -0.2) is 0 Å². The molecule has 0 bridgehead atoms. The van der Waals surface area contributed by atoms with Crippen molar-refractivity contribution < 1.29 is 9.59 Å². The van der Waals surface area contributed by atoms with Crippen molar-refractivity contribution in [2.24, 2.45) is 5.92 Å². The lowest BCUT2D eigenvalue weighted by Crippen LogP contribution is -2.56. The molecule has 1 N–H and O–H groups in total. The van der Waals surface area contributed by atoms with Gasteiger partial charge in [0.1, 0.15) is 0 Å². The second-order valence-electron chi connectivity index (χ2n) is 7.30. The summed E-state index contributed by atoms with van der Waals surface area (Å²) in [6.45, 7) is 7.22. The topological polar surface area (TPSA) is 52.7 Å². The molecule has 1 unspecified atom stereocenters. The van der Waals surface area contributed by atoms with Crippen molar-refractivity contribution in [1.82, 2.24) is 15.1 Å². The van der Waals surface area contributed by atoms with Gasteiger partial charge in [0.15, 0.2) is 0 Å². The van der Waals surface area contributed by atoms with E-state index in [1.165, 1.54) is 5.56 Å². The van der Waals surface area contributed by atoms with Gasteiger partial charge in [0.05, 0.1) is 12.5 Å². The minimum absolute atomic E-state index is 0.0164. The molecule has 5 nitrogen and oxygen atoms in total. The Bertz CT molecular complexity index is 559. The first-order chi connectivity index (χ1) is 12.0. The Labute approximate surface area is 151 Å². The van der Waals surface area contributed by atoms with Crippen LogP contribution in [0.1, 0.15) is 32.3 Å². The summed E-state index contributed by atoms with van der Waals surface area (Å²) in [6, 6.07) is 10.0. The maximum atomic E-state index is 12.5. The predicted octanol–water partition coefficient (Wildman–Crippen LogP) is 1.92. The molecule has 1 heterocycles. The standard InChI is InChI=1S/C20H31N3O2/c1-16(2)15-22(3)19(24)14-18-20(25)21-11-13-23(18)12-7-10-17-8-5-4-6-9-17/h4-6,8-9,16,18H,7,10-15H2,1-3H3,(H,21,25). The van der Waals surface area contributed by atoms with Gasteiger partial charge < -0.3 is 10.2 Å². The minimum atomic E-state index is -0.341. The Balaban J connectivity index is 1.88. The Hall–Kier alpha value is -1.88. The molecule has 0 saturated carbocycles. The van der Waals surface area contributed by atoms with E-state index < -0.39 is 0 Å². The van der Waals surface area contributed by atoms with Crippen LogP contribution in [-0.2, 0) is 16.0 Å². The number of amides is 2. The maximum absolute atomic E-state index is 12.5. The summed E-state index contributed by atoms with van der Waals surface area (Å²) >= 11 is 0. The van der Waals surface area contributed by atoms with Crippen LogP contribution in [0, 0.1) is 5.92 Å². The first-order valence-electron chi connectivity index (χ1n) is 9.27. The van der Waals surface area contributed by atoms with E-state index in [1.54, 1.807) is 4.90 Å². The average Bonchev–Trinajstić information content (AvgIpc) is 2.58. The summed E-state index contributed by atoms with van der Waals surface area (Å²) < 4.78 is 0. The normalized spacial score (nSPS) is 18.2. The number of rotatable bonds is 8. The van der Waals surface area contributed by atoms with Crippen LogP contribution >= 0.6 is 0 Å². The molecule has 25 heavy (non-hydrogen) atoms. The minimum Gasteiger partial charge on any atom is -0.353 e. The average molecular weight is 345 g/mol. The van der Waals surface area contributed by atoms with Gasteiger partial charge in [-0.1, -0.05) is 44.2 Å². The molecule has 0 spiro atoms. The first kappa shape index (κ1) is 19.4. The van der Waals surface area contributed by atoms with Crippen LogP contribution in [0.5, 0.6) is 0 Å². The summed E-state index contributed by atoms with van der Waals surface area (Å²) in [4.78, 5) is 28.7. The molecular formula is C20H31N3O2. The third kappa shape index (κ3) is 6.16. The molecule has 138 valence electrons. The van der Waals surface area contributed by atoms with Crippen molar-refractivity contribution in [2.45, 2.75) is 39.2 Å². The van der Waals surface area contributed by atoms with Crippen LogP contribution in [0.25, 0.3) is 0 Å². The summed E-state index contributed by atoms with van der Waals surface area (Å²) in [5.74, 6) is 0.456. The highest BCUT2D eigenvalue weighted by molar-refractivity contribution is 5.88. The lowest BCUT2D eigenvalue weighted by molar-refractivity contribution is -0.138. The van der Waals surface area contributed by atoms with Gasteiger partial charge in [0.25, 0.3) is 0 Å². The smallest absolute Gasteiger partial charge is 0.237 e. The van der Waals surface area contributed by atoms with E-state index in [4.69, 9.17) is 0 Å². The maximum Gasteiger partial charge on any atom is 0.237 e. The Morgan fingerprint density at radius 2 is 2.04 bits per heavy atom. The first-order valence-corrected chi connectivity index (χ1v) is 9.27. The summed E-state index contributed by atoms with van der Waals surface area (Å²) in [5.41, 5.74) is 1.31. The fourth-order valence-electron chi connectivity index (χ4n) is 3.35. The van der Waals surface area contributed by atoms with E-state index in [2.05, 4.69) is 48.3 Å². The molecule has 1 aliphatic heterocycles. The Morgan fingerprint density at radius 3 is 2.72 bits per heavy atom. The van der Waals surface area contributed by atoms with E-state index in [0.29, 0.717) is 12.5 Å². The van der Waals surface area contributed by atoms with Gasteiger partial charge in [0, 0.05) is 26.7 Å². The summed E-state index contributed by atoms with van der Waals surface area (Å²) in [6.07, 6.45) is 2.25. The molecule has 2 amide bonds. The number of carbonyl (C=O) groups excluding carboxylic acids is 2. The molecular weight excluding hydrogens is 314 g/mol. The van der Waals surface area contributed by atoms with Crippen molar-refractivity contribution in [1.29, 1.82) is 0 Å². The van der Waals surface area contributed by atoms with Crippen molar-refractivity contribution in [3.05, 3.63) is 35.9 Å². The van der Waals surface area contributed by atoms with Gasteiger partial charge in [-0.15, -0.1) is 0 Å². The van der Waals surface area contributed by atoms with Crippen LogP contribution < -0.4 is 5.32 Å². The van der Waals surface area contributed by atoms with Gasteiger partial charge in [-0.3, -0.25) is 14.5 Å². The number of benzene rings is 1. The van der Waals surface area contributed by atoms with Gasteiger partial charge in [-0.2, -0.15) is 0 Å². The van der Waals surface area contributed by atoms with Crippen molar-refractivity contribution >= 4 is 11.8 Å². The zero-order valence-electron chi connectivity index (χ0n) is 15.7. The Kier molecular flexibility index (Phi) is 7.44. The van der Waals surface area contributed by atoms with Gasteiger partial charge in [0.2, 0.25) is 11.8 Å². The molecule has 0 aromatic heterocycles. The summed E-state index contributed by atoms with van der Waals surface area (Å²) in [5, 5.41) is 2.90. The zero-order valence-corrected chi connectivity index (χ0v) is 15.7. The number of aryl methyl sites for hydroxylation is 1. The molecule has 1 aromatic rings. The monoisotopic (exact) mass is 345 g/mol. The highest BCUT2D eigenvalue weighted by Crippen LogP contribution is 2.13. The van der Waals surface area contributed by atoms with Crippen LogP contribution in [0.15, 0.2) is 30.3 Å². The third-order valence-corrected chi connectivity index (χ3v) is 4.63. The molecule has 1 aromatic carbocycles. The fourth-order valence-corrected chi connectivity index (χ4v) is 3.35. The van der Waals surface area contributed by atoms with E-state index in [-0.39, 0.29) is 24.3 Å². The van der Waals surface area contributed by atoms with Crippen LogP contribution in [0.4, 0.5) is 0 Å². The highest BCUT2D eigenvalue weighted by atomic mass is 16.2. The lowest BCUT2D eigenvalue weighted by atomic mass is 10.1. The van der Waals surface area contributed by atoms with E-state index >= 15 is 0 Å². The SMILES string of the molecule is CC(C)CN(C)C(=O)CC1C(=O)NCCN1CCCc1ccccc1. The number of nitrogens with zero attached hydrogens (tertiary/aromatic N) is 2. The van der Waals surface area contributed by atoms with E-state index in [9.17, 15) is 9.59 Å². The van der Waals surface area contributed by atoms with Gasteiger partial charge >= 0.3 is 0 Å². The lowest BCUT2D eigenvalue weighted by Gasteiger charge is -2.35. The molecule has 0 aliphatic carbocycles. The molecule has 0 radical (unpaired) electrons. The number of hydrogen-bond acceptors (Lipinski definition) is 3. The van der Waals surface area contributed by atoms with Gasteiger partial charge in [-0.05, 0) is 30.9 Å². The molecule has 1 atom stereocenters. The molecule has 1 aliphatic rings. The summed E-state index contributed by atoms with van der Waals surface area (Å²) in [7, 11) is 1.82. The second-order valence-corrected chi connectivity index (χ2v) is 7.30. The van der Waals surface area contributed by atoms with Crippen LogP contribution in [-0.4, -0.2) is 60.9 Å². The predicted molar refractivity (Wildman–Crippen MR) is 100 cm³/mol. The fraction of sp³-hybridized carbons (Fsp3) is 0.600. The quantitative estimate of drug-likeness (QED) is 0.783. The number of carbonyl (C=O) groups is 2. The van der Waals surface area contributed by atoms with Crippen molar-refractivity contribution in [3.8, 4) is 0 Å². The number of hydrogen-bond donors (Lipinski definition) is 1. The number of piperazine rings is 1.